The number of rotatable bonds is 16. The first-order valence-electron chi connectivity index (χ1n) is 9.80. The van der Waals surface area contributed by atoms with Crippen LogP contribution >= 0.6 is 0 Å². The van der Waals surface area contributed by atoms with Gasteiger partial charge in [-0.25, -0.2) is 0 Å². The number of aliphatic carboxylic acids is 2. The Morgan fingerprint density at radius 3 is 1.13 bits per heavy atom. The van der Waals surface area contributed by atoms with Crippen molar-refractivity contribution in [2.24, 2.45) is 0 Å². The molecule has 0 aromatic carbocycles. The fourth-order valence-electron chi connectivity index (χ4n) is 1.81. The zero-order chi connectivity index (χ0) is 23.6. The van der Waals surface area contributed by atoms with E-state index in [9.17, 15) is 19.2 Å². The van der Waals surface area contributed by atoms with Crippen LogP contribution in [0.1, 0.15) is 64.2 Å². The van der Waals surface area contributed by atoms with E-state index < -0.39 is 11.9 Å². The van der Waals surface area contributed by atoms with Gasteiger partial charge < -0.3 is 29.9 Å². The molecule has 10 heteroatoms. The lowest BCUT2D eigenvalue weighted by molar-refractivity contribution is -0.146. The van der Waals surface area contributed by atoms with Crippen LogP contribution in [0.2, 0.25) is 0 Å². The zero-order valence-electron chi connectivity index (χ0n) is 17.6. The molecule has 4 N–H and O–H groups in total. The Morgan fingerprint density at radius 2 is 0.867 bits per heavy atom. The molecule has 0 aromatic rings. The summed E-state index contributed by atoms with van der Waals surface area (Å²) in [6.45, 7) is 6.24. The molecule has 0 unspecified atom stereocenters. The summed E-state index contributed by atoms with van der Waals surface area (Å²) in [5.41, 5.74) is 0. The molecular formula is C20H36O10. The molecule has 0 fully saturated rings. The molecule has 0 saturated heterocycles. The highest BCUT2D eigenvalue weighted by Gasteiger charge is 2.06. The van der Waals surface area contributed by atoms with Crippen LogP contribution in [0.5, 0.6) is 0 Å². The highest BCUT2D eigenvalue weighted by Crippen LogP contribution is 2.04. The van der Waals surface area contributed by atoms with E-state index >= 15 is 0 Å². The van der Waals surface area contributed by atoms with Crippen LogP contribution in [0, 0.1) is 0 Å². The third-order valence-corrected chi connectivity index (χ3v) is 3.21. The van der Waals surface area contributed by atoms with E-state index in [0.29, 0.717) is 38.5 Å². The molecule has 0 radical (unpaired) electrons. The number of carboxylic acid groups (broad SMARTS) is 2. The van der Waals surface area contributed by atoms with Crippen molar-refractivity contribution in [3.8, 4) is 0 Å². The first kappa shape index (κ1) is 32.2. The third kappa shape index (κ3) is 33.1. The Balaban J connectivity index is -0.00000108. The lowest BCUT2D eigenvalue weighted by atomic mass is 10.2. The summed E-state index contributed by atoms with van der Waals surface area (Å²) in [7, 11) is 0. The summed E-state index contributed by atoms with van der Waals surface area (Å²) in [4.78, 5) is 43.2. The molecule has 0 atom stereocenters. The molecule has 0 aliphatic carbocycles. The van der Waals surface area contributed by atoms with Crippen LogP contribution in [0.3, 0.4) is 0 Å². The maximum atomic E-state index is 11.3. The van der Waals surface area contributed by atoms with Crippen molar-refractivity contribution in [3.05, 3.63) is 13.2 Å². The molecule has 0 rings (SSSR count). The zero-order valence-corrected chi connectivity index (χ0v) is 17.6. The van der Waals surface area contributed by atoms with Gasteiger partial charge in [0.15, 0.2) is 0 Å². The van der Waals surface area contributed by atoms with Crippen LogP contribution in [0.25, 0.3) is 0 Å². The van der Waals surface area contributed by atoms with Gasteiger partial charge in [-0.05, 0) is 38.5 Å². The summed E-state index contributed by atoms with van der Waals surface area (Å²) < 4.78 is 9.95. The van der Waals surface area contributed by atoms with E-state index in [0.717, 1.165) is 0 Å². The lowest BCUT2D eigenvalue weighted by Crippen LogP contribution is -2.09. The van der Waals surface area contributed by atoms with Crippen LogP contribution in [-0.4, -0.2) is 70.7 Å². The van der Waals surface area contributed by atoms with Gasteiger partial charge in [-0.2, -0.15) is 0 Å². The maximum Gasteiger partial charge on any atom is 0.305 e. The molecule has 0 aliphatic heterocycles. The van der Waals surface area contributed by atoms with E-state index in [1.54, 1.807) is 0 Å². The Kier molecular flexibility index (Phi) is 28.5. The second-order valence-corrected chi connectivity index (χ2v) is 5.80. The monoisotopic (exact) mass is 436 g/mol. The topological polar surface area (TPSA) is 168 Å². The van der Waals surface area contributed by atoms with Crippen molar-refractivity contribution in [1.82, 2.24) is 0 Å². The number of aliphatic hydroxyl groups excluding tert-OH is 2. The van der Waals surface area contributed by atoms with Gasteiger partial charge in [0.2, 0.25) is 0 Å². The normalized spacial score (nSPS) is 9.27. The largest absolute Gasteiger partial charge is 0.481 e. The smallest absolute Gasteiger partial charge is 0.305 e. The number of carboxylic acids is 2. The molecule has 10 nitrogen and oxygen atoms in total. The summed E-state index contributed by atoms with van der Waals surface area (Å²) in [6.07, 6.45) is 3.55. The van der Waals surface area contributed by atoms with Gasteiger partial charge >= 0.3 is 23.9 Å². The van der Waals surface area contributed by atoms with Gasteiger partial charge in [0.25, 0.3) is 0 Å². The first-order valence-corrected chi connectivity index (χ1v) is 9.80. The predicted octanol–water partition coefficient (Wildman–Crippen LogP) is 1.92. The quantitative estimate of drug-likeness (QED) is 0.159. The summed E-state index contributed by atoms with van der Waals surface area (Å²) in [5, 5.41) is 32.1. The maximum absolute atomic E-state index is 11.3. The number of hydrogen-bond acceptors (Lipinski definition) is 8. The van der Waals surface area contributed by atoms with Crippen LogP contribution < -0.4 is 0 Å². The molecular weight excluding hydrogens is 400 g/mol. The van der Waals surface area contributed by atoms with Crippen molar-refractivity contribution in [2.75, 3.05) is 26.4 Å². The Hall–Kier alpha value is -2.46. The van der Waals surface area contributed by atoms with E-state index in [1.807, 2.05) is 0 Å². The summed E-state index contributed by atoms with van der Waals surface area (Å²) in [5.74, 6) is -2.45. The second-order valence-electron chi connectivity index (χ2n) is 5.80. The number of esters is 2. The molecule has 0 amide bonds. The number of carbonyl (C=O) groups is 4. The molecule has 0 aromatic heterocycles. The fraction of sp³-hybridized carbons (Fsp3) is 0.700. The number of hydrogen-bond donors (Lipinski definition) is 4. The van der Waals surface area contributed by atoms with Crippen molar-refractivity contribution in [1.29, 1.82) is 0 Å². The van der Waals surface area contributed by atoms with Crippen LogP contribution in [0.15, 0.2) is 13.2 Å². The second kappa shape index (κ2) is 26.5. The van der Waals surface area contributed by atoms with E-state index in [1.165, 1.54) is 0 Å². The van der Waals surface area contributed by atoms with Crippen molar-refractivity contribution >= 4 is 23.9 Å². The number of ether oxygens (including phenoxy) is 2. The van der Waals surface area contributed by atoms with Gasteiger partial charge in [0, 0.05) is 25.7 Å². The van der Waals surface area contributed by atoms with Gasteiger partial charge in [0.05, 0.1) is 26.4 Å². The first-order chi connectivity index (χ1) is 14.3. The molecule has 176 valence electrons. The molecule has 0 spiro atoms. The highest BCUT2D eigenvalue weighted by atomic mass is 16.5. The van der Waals surface area contributed by atoms with Gasteiger partial charge in [-0.15, -0.1) is 13.2 Å². The molecule has 0 bridgehead atoms. The Labute approximate surface area is 177 Å². The molecule has 0 aliphatic rings. The molecule has 0 heterocycles. The van der Waals surface area contributed by atoms with E-state index in [4.69, 9.17) is 29.9 Å². The molecule has 30 heavy (non-hydrogen) atoms. The van der Waals surface area contributed by atoms with Crippen molar-refractivity contribution in [3.63, 3.8) is 0 Å². The SMILES string of the molecule is C=C.O=C(O)CCCCC(=O)OCCCCOC(=O)CCCCC(=O)O.OCCO. The number of unbranched alkanes of at least 4 members (excludes halogenated alkanes) is 3. The highest BCUT2D eigenvalue weighted by molar-refractivity contribution is 5.70. The Bertz CT molecular complexity index is 411. The average molecular weight is 436 g/mol. The summed E-state index contributed by atoms with van der Waals surface area (Å²) >= 11 is 0. The van der Waals surface area contributed by atoms with Crippen molar-refractivity contribution in [2.45, 2.75) is 64.2 Å². The minimum atomic E-state index is -0.875. The minimum Gasteiger partial charge on any atom is -0.481 e. The van der Waals surface area contributed by atoms with E-state index in [-0.39, 0.29) is 64.0 Å². The van der Waals surface area contributed by atoms with Crippen LogP contribution in [-0.2, 0) is 28.7 Å². The van der Waals surface area contributed by atoms with E-state index in [2.05, 4.69) is 13.2 Å². The van der Waals surface area contributed by atoms with Crippen LogP contribution in [0.4, 0.5) is 0 Å². The van der Waals surface area contributed by atoms with Gasteiger partial charge in [0.1, 0.15) is 0 Å². The number of aliphatic hydroxyl groups is 2. The molecule has 0 saturated carbocycles. The third-order valence-electron chi connectivity index (χ3n) is 3.21. The van der Waals surface area contributed by atoms with Crippen molar-refractivity contribution < 1.29 is 49.1 Å². The fourth-order valence-corrected chi connectivity index (χ4v) is 1.81. The standard InChI is InChI=1S/C16H26O8.C2H6O2.C2H4/c17-13(18)7-1-3-9-15(21)23-11-5-6-12-24-16(22)10-4-2-8-14(19)20;3-1-2-4;1-2/h1-12H2,(H,17,18)(H,19,20);3-4H,1-2H2;1-2H2. The van der Waals surface area contributed by atoms with Gasteiger partial charge in [-0.3, -0.25) is 19.2 Å². The minimum absolute atomic E-state index is 0.0506. The summed E-state index contributed by atoms with van der Waals surface area (Å²) in [6, 6.07) is 0. The average Bonchev–Trinajstić information content (AvgIpc) is 2.72. The Morgan fingerprint density at radius 1 is 0.567 bits per heavy atom. The predicted molar refractivity (Wildman–Crippen MR) is 109 cm³/mol. The lowest BCUT2D eigenvalue weighted by Gasteiger charge is -2.06. The van der Waals surface area contributed by atoms with Gasteiger partial charge in [-0.1, -0.05) is 0 Å². The number of carbonyl (C=O) groups excluding carboxylic acids is 2.